The molecule has 0 atom stereocenters. The lowest BCUT2D eigenvalue weighted by molar-refractivity contribution is -0.153. The summed E-state index contributed by atoms with van der Waals surface area (Å²) in [6, 6.07) is 11.5. The van der Waals surface area contributed by atoms with E-state index in [1.54, 1.807) is 30.3 Å². The Morgan fingerprint density at radius 2 is 1.74 bits per heavy atom. The van der Waals surface area contributed by atoms with Crippen LogP contribution >= 0.6 is 0 Å². The van der Waals surface area contributed by atoms with Gasteiger partial charge in [-0.2, -0.15) is 22.0 Å². The summed E-state index contributed by atoms with van der Waals surface area (Å²) in [5, 5.41) is 6.77. The van der Waals surface area contributed by atoms with E-state index in [0.29, 0.717) is 11.3 Å². The second-order valence-corrected chi connectivity index (χ2v) is 6.89. The second-order valence-electron chi connectivity index (χ2n) is 6.89. The van der Waals surface area contributed by atoms with Crippen molar-refractivity contribution in [3.63, 3.8) is 0 Å². The highest BCUT2D eigenvalue weighted by atomic mass is 19.4. The van der Waals surface area contributed by atoms with Crippen LogP contribution in [0.3, 0.4) is 0 Å². The Labute approximate surface area is 187 Å². The Morgan fingerprint density at radius 1 is 0.971 bits per heavy atom. The summed E-state index contributed by atoms with van der Waals surface area (Å²) in [7, 11) is 0. The molecule has 0 fully saturated rings. The largest absolute Gasteiger partial charge is 0.477 e. The van der Waals surface area contributed by atoms with E-state index >= 15 is 0 Å². The molecule has 0 bridgehead atoms. The van der Waals surface area contributed by atoms with Crippen molar-refractivity contribution in [3.8, 4) is 28.6 Å². The van der Waals surface area contributed by atoms with Gasteiger partial charge in [-0.3, -0.25) is 14.3 Å². The zero-order valence-corrected chi connectivity index (χ0v) is 17.0. The van der Waals surface area contributed by atoms with Crippen LogP contribution in [0.4, 0.5) is 22.0 Å². The predicted octanol–water partition coefficient (Wildman–Crippen LogP) is 4.28. The topological polar surface area (TPSA) is 95.9 Å². The van der Waals surface area contributed by atoms with Crippen LogP contribution in [-0.4, -0.2) is 37.5 Å². The van der Waals surface area contributed by atoms with Gasteiger partial charge in [0.05, 0.1) is 24.0 Å². The third-order valence-electron chi connectivity index (χ3n) is 4.46. The molecule has 0 radical (unpaired) electrons. The van der Waals surface area contributed by atoms with Crippen LogP contribution in [0.15, 0.2) is 64.1 Å². The van der Waals surface area contributed by atoms with Crippen molar-refractivity contribution < 1.29 is 31.1 Å². The zero-order chi connectivity index (χ0) is 24.3. The smallest absolute Gasteiger partial charge is 0.422 e. The van der Waals surface area contributed by atoms with Gasteiger partial charge in [-0.05, 0) is 12.1 Å². The maximum atomic E-state index is 12.9. The van der Waals surface area contributed by atoms with Crippen molar-refractivity contribution in [2.45, 2.75) is 19.1 Å². The third-order valence-corrected chi connectivity index (χ3v) is 4.46. The summed E-state index contributed by atoms with van der Waals surface area (Å²) in [5.41, 5.74) is 0.303. The van der Waals surface area contributed by atoms with Crippen molar-refractivity contribution in [2.75, 3.05) is 6.61 Å². The molecule has 0 saturated carbocycles. The van der Waals surface area contributed by atoms with Gasteiger partial charge in [-0.15, -0.1) is 10.2 Å². The Balaban J connectivity index is 1.66. The molecule has 0 spiro atoms. The van der Waals surface area contributed by atoms with E-state index in [9.17, 15) is 26.7 Å². The van der Waals surface area contributed by atoms with Crippen molar-refractivity contribution >= 4 is 0 Å². The molecule has 34 heavy (non-hydrogen) atoms. The maximum Gasteiger partial charge on any atom is 0.422 e. The quantitative estimate of drug-likeness (QED) is 0.365. The van der Waals surface area contributed by atoms with Gasteiger partial charge in [0.2, 0.25) is 11.6 Å². The lowest BCUT2D eigenvalue weighted by atomic mass is 10.2. The number of ether oxygens (including phenoxy) is 1. The number of alkyl halides is 5. The number of halogens is 5. The van der Waals surface area contributed by atoms with Gasteiger partial charge in [-0.1, -0.05) is 30.3 Å². The van der Waals surface area contributed by atoms with E-state index in [1.165, 1.54) is 18.3 Å². The molecule has 0 N–H and O–H groups in total. The maximum absolute atomic E-state index is 12.9. The van der Waals surface area contributed by atoms with E-state index in [1.807, 2.05) is 0 Å². The van der Waals surface area contributed by atoms with E-state index in [4.69, 9.17) is 4.42 Å². The molecule has 0 aliphatic heterocycles. The van der Waals surface area contributed by atoms with Gasteiger partial charge in [0.15, 0.2) is 6.61 Å². The molecule has 0 aliphatic carbocycles. The minimum Gasteiger partial charge on any atom is -0.477 e. The molecule has 3 heterocycles. The molecule has 176 valence electrons. The van der Waals surface area contributed by atoms with Gasteiger partial charge in [-0.25, -0.2) is 4.98 Å². The third kappa shape index (κ3) is 5.24. The highest BCUT2D eigenvalue weighted by molar-refractivity contribution is 5.56. The predicted molar refractivity (Wildman–Crippen MR) is 107 cm³/mol. The summed E-state index contributed by atoms with van der Waals surface area (Å²) in [5.74, 6) is -1.38. The monoisotopic (exact) mass is 479 g/mol. The highest BCUT2D eigenvalue weighted by Gasteiger charge is 2.29. The lowest BCUT2D eigenvalue weighted by Crippen LogP contribution is -2.28. The fraction of sp³-hybridized carbons (Fsp3) is 0.190. The number of pyridine rings is 1. The number of nitrogens with zero attached hydrogens (tertiary/aromatic N) is 5. The molecule has 1 aromatic carbocycles. The Bertz CT molecular complexity index is 1320. The van der Waals surface area contributed by atoms with E-state index < -0.39 is 36.4 Å². The molecule has 13 heteroatoms. The number of hydrogen-bond acceptors (Lipinski definition) is 7. The lowest BCUT2D eigenvalue weighted by Gasteiger charge is -2.15. The minimum absolute atomic E-state index is 0.161. The molecular formula is C21H14F5N5O3. The average molecular weight is 479 g/mol. The van der Waals surface area contributed by atoms with Crippen LogP contribution in [0.5, 0.6) is 5.75 Å². The van der Waals surface area contributed by atoms with Crippen molar-refractivity contribution in [1.82, 2.24) is 24.7 Å². The van der Waals surface area contributed by atoms with Crippen LogP contribution in [0, 0.1) is 0 Å². The van der Waals surface area contributed by atoms with Gasteiger partial charge < -0.3 is 9.15 Å². The summed E-state index contributed by atoms with van der Waals surface area (Å²) < 4.78 is 73.6. The van der Waals surface area contributed by atoms with Crippen LogP contribution < -0.4 is 10.3 Å². The first-order chi connectivity index (χ1) is 16.2. The van der Waals surface area contributed by atoms with Crippen molar-refractivity contribution in [1.29, 1.82) is 0 Å². The Kier molecular flexibility index (Phi) is 6.34. The van der Waals surface area contributed by atoms with Crippen molar-refractivity contribution in [2.24, 2.45) is 0 Å². The second kappa shape index (κ2) is 9.37. The first kappa shape index (κ1) is 23.0. The van der Waals surface area contributed by atoms with E-state index in [2.05, 4.69) is 24.9 Å². The molecule has 0 amide bonds. The summed E-state index contributed by atoms with van der Waals surface area (Å²) in [4.78, 5) is 21.2. The summed E-state index contributed by atoms with van der Waals surface area (Å²) >= 11 is 0. The van der Waals surface area contributed by atoms with Gasteiger partial charge >= 0.3 is 12.6 Å². The molecule has 4 rings (SSSR count). The Morgan fingerprint density at radius 3 is 2.35 bits per heavy atom. The normalized spacial score (nSPS) is 11.7. The van der Waals surface area contributed by atoms with Crippen LogP contribution in [-0.2, 0) is 6.54 Å². The summed E-state index contributed by atoms with van der Waals surface area (Å²) in [6.45, 7) is -1.81. The van der Waals surface area contributed by atoms with Crippen LogP contribution in [0.2, 0.25) is 0 Å². The van der Waals surface area contributed by atoms with Crippen LogP contribution in [0.1, 0.15) is 18.0 Å². The fourth-order valence-corrected chi connectivity index (χ4v) is 2.94. The van der Waals surface area contributed by atoms with E-state index in [-0.39, 0.29) is 23.8 Å². The molecular weight excluding hydrogens is 465 g/mol. The minimum atomic E-state index is -4.63. The van der Waals surface area contributed by atoms with E-state index in [0.717, 1.165) is 10.8 Å². The zero-order valence-electron chi connectivity index (χ0n) is 17.0. The first-order valence-electron chi connectivity index (χ1n) is 9.63. The molecule has 0 unspecified atom stereocenters. The van der Waals surface area contributed by atoms with Gasteiger partial charge in [0.1, 0.15) is 5.82 Å². The molecule has 0 aliphatic rings. The summed E-state index contributed by atoms with van der Waals surface area (Å²) in [6.07, 6.45) is -5.33. The van der Waals surface area contributed by atoms with Gasteiger partial charge in [0.25, 0.3) is 11.4 Å². The fourth-order valence-electron chi connectivity index (χ4n) is 2.94. The molecule has 8 nitrogen and oxygen atoms in total. The molecule has 0 saturated heterocycles. The Hall–Kier alpha value is -4.16. The molecule has 3 aromatic heterocycles. The van der Waals surface area contributed by atoms with Crippen LogP contribution in [0.25, 0.3) is 22.8 Å². The SMILES string of the molecule is O=c1c(OCC(F)(F)F)cnc(-c2ccccc2)n1Cc1ccc(-c2nnc(C(F)F)o2)cn1. The first-order valence-corrected chi connectivity index (χ1v) is 9.63. The number of hydrogen-bond donors (Lipinski definition) is 0. The van der Waals surface area contributed by atoms with Gasteiger partial charge in [0, 0.05) is 11.8 Å². The highest BCUT2D eigenvalue weighted by Crippen LogP contribution is 2.24. The average Bonchev–Trinajstić information content (AvgIpc) is 3.31. The van der Waals surface area contributed by atoms with Crippen molar-refractivity contribution in [3.05, 3.63) is 76.8 Å². The standard InChI is InChI=1S/C21H14F5N5O3/c22-16(23)19-30-29-18(34-19)13-6-7-14(27-8-13)10-31-17(12-4-2-1-3-5-12)28-9-15(20(31)32)33-11-21(24,25)26/h1-9,16H,10-11H2. The number of aromatic nitrogens is 5. The number of benzene rings is 1. The molecule has 4 aromatic rings. The number of rotatable bonds is 7.